The number of rotatable bonds is 2. The molecular formula is C19H14FNO2. The number of nitrogens with one attached hydrogen (secondary N) is 1. The summed E-state index contributed by atoms with van der Waals surface area (Å²) in [5.74, 6) is 0.202. The maximum atomic E-state index is 14.3. The molecule has 1 heterocycles. The van der Waals surface area contributed by atoms with E-state index in [1.807, 2.05) is 30.3 Å². The third-order valence-corrected chi connectivity index (χ3v) is 4.08. The molecule has 0 unspecified atom stereocenters. The van der Waals surface area contributed by atoms with Gasteiger partial charge in [0.15, 0.2) is 11.5 Å². The van der Waals surface area contributed by atoms with Crippen LogP contribution in [0.15, 0.2) is 54.6 Å². The third-order valence-electron chi connectivity index (χ3n) is 4.08. The SMILES string of the molecule is COc1c(O)cccc1-c1cc2c(cc(F)c3ccccc32)[nH]1. The highest BCUT2D eigenvalue weighted by atomic mass is 19.1. The van der Waals surface area contributed by atoms with Crippen molar-refractivity contribution in [2.75, 3.05) is 7.11 Å². The Kier molecular flexibility index (Phi) is 2.98. The number of halogens is 1. The molecule has 4 rings (SSSR count). The molecule has 1 aromatic heterocycles. The standard InChI is InChI=1S/C19H14FNO2/c1-23-19-13(7-4-8-18(19)22)16-9-14-11-5-2-3-6-12(11)15(20)10-17(14)21-16/h2-10,21-22H,1H3. The molecule has 2 N–H and O–H groups in total. The second kappa shape index (κ2) is 5.02. The number of ether oxygens (including phenoxy) is 1. The fourth-order valence-corrected chi connectivity index (χ4v) is 3.03. The highest BCUT2D eigenvalue weighted by Gasteiger charge is 2.14. The first kappa shape index (κ1) is 13.6. The number of fused-ring (bicyclic) bond motifs is 3. The minimum atomic E-state index is -0.260. The summed E-state index contributed by atoms with van der Waals surface area (Å²) in [5.41, 5.74) is 2.21. The van der Waals surface area contributed by atoms with Gasteiger partial charge in [-0.25, -0.2) is 4.39 Å². The first-order valence-electron chi connectivity index (χ1n) is 7.25. The van der Waals surface area contributed by atoms with Gasteiger partial charge < -0.3 is 14.8 Å². The Bertz CT molecular complexity index is 1040. The molecule has 0 atom stereocenters. The van der Waals surface area contributed by atoms with Crippen LogP contribution in [0, 0.1) is 5.82 Å². The van der Waals surface area contributed by atoms with Gasteiger partial charge in [-0.05, 0) is 29.7 Å². The van der Waals surface area contributed by atoms with Crippen molar-refractivity contribution in [2.24, 2.45) is 0 Å². The van der Waals surface area contributed by atoms with Crippen molar-refractivity contribution in [3.63, 3.8) is 0 Å². The molecule has 0 radical (unpaired) electrons. The minimum absolute atomic E-state index is 0.0692. The lowest BCUT2D eigenvalue weighted by molar-refractivity contribution is 0.375. The molecule has 114 valence electrons. The fourth-order valence-electron chi connectivity index (χ4n) is 3.03. The maximum absolute atomic E-state index is 14.3. The summed E-state index contributed by atoms with van der Waals surface area (Å²) in [7, 11) is 1.51. The number of para-hydroxylation sites is 1. The van der Waals surface area contributed by atoms with Crippen LogP contribution in [0.5, 0.6) is 11.5 Å². The molecule has 4 heteroatoms. The fraction of sp³-hybridized carbons (Fsp3) is 0.0526. The van der Waals surface area contributed by atoms with Crippen LogP contribution in [0.2, 0.25) is 0 Å². The number of phenolic OH excluding ortho intramolecular Hbond substituents is 1. The van der Waals surface area contributed by atoms with Gasteiger partial charge in [-0.3, -0.25) is 0 Å². The molecular weight excluding hydrogens is 293 g/mol. The molecule has 0 fully saturated rings. The van der Waals surface area contributed by atoms with Gasteiger partial charge >= 0.3 is 0 Å². The van der Waals surface area contributed by atoms with Crippen LogP contribution >= 0.6 is 0 Å². The summed E-state index contributed by atoms with van der Waals surface area (Å²) in [4.78, 5) is 3.22. The summed E-state index contributed by atoms with van der Waals surface area (Å²) in [6.07, 6.45) is 0. The number of benzene rings is 3. The zero-order valence-electron chi connectivity index (χ0n) is 12.4. The van der Waals surface area contributed by atoms with E-state index in [1.165, 1.54) is 13.2 Å². The second-order valence-electron chi connectivity index (χ2n) is 5.41. The maximum Gasteiger partial charge on any atom is 0.169 e. The van der Waals surface area contributed by atoms with Gasteiger partial charge in [0.05, 0.1) is 12.8 Å². The van der Waals surface area contributed by atoms with Crippen molar-refractivity contribution in [1.29, 1.82) is 0 Å². The number of hydrogen-bond acceptors (Lipinski definition) is 2. The van der Waals surface area contributed by atoms with Crippen molar-refractivity contribution < 1.29 is 14.2 Å². The van der Waals surface area contributed by atoms with E-state index >= 15 is 0 Å². The average Bonchev–Trinajstić information content (AvgIpc) is 2.99. The normalized spacial score (nSPS) is 11.2. The molecule has 0 aliphatic carbocycles. The topological polar surface area (TPSA) is 45.2 Å². The molecule has 0 spiro atoms. The summed E-state index contributed by atoms with van der Waals surface area (Å²) >= 11 is 0. The van der Waals surface area contributed by atoms with Crippen molar-refractivity contribution in [3.8, 4) is 22.8 Å². The van der Waals surface area contributed by atoms with Crippen LogP contribution in [-0.4, -0.2) is 17.2 Å². The van der Waals surface area contributed by atoms with Crippen molar-refractivity contribution in [1.82, 2.24) is 4.98 Å². The zero-order valence-corrected chi connectivity index (χ0v) is 12.4. The third kappa shape index (κ3) is 2.03. The average molecular weight is 307 g/mol. The van der Waals surface area contributed by atoms with Crippen molar-refractivity contribution >= 4 is 21.7 Å². The predicted octanol–water partition coefficient (Wildman–Crippen LogP) is 4.84. The number of aromatic amines is 1. The Morgan fingerprint density at radius 1 is 0.957 bits per heavy atom. The van der Waals surface area contributed by atoms with Gasteiger partial charge in [0.25, 0.3) is 0 Å². The van der Waals surface area contributed by atoms with Crippen LogP contribution in [-0.2, 0) is 0 Å². The van der Waals surface area contributed by atoms with Gasteiger partial charge in [0.2, 0.25) is 0 Å². The highest BCUT2D eigenvalue weighted by molar-refractivity contribution is 6.08. The monoisotopic (exact) mass is 307 g/mol. The Morgan fingerprint density at radius 2 is 1.74 bits per heavy atom. The number of H-pyrrole nitrogens is 1. The zero-order chi connectivity index (χ0) is 16.0. The first-order chi connectivity index (χ1) is 11.2. The molecule has 0 saturated heterocycles. The van der Waals surface area contributed by atoms with E-state index in [1.54, 1.807) is 18.2 Å². The predicted molar refractivity (Wildman–Crippen MR) is 89.4 cm³/mol. The van der Waals surface area contributed by atoms with E-state index in [0.29, 0.717) is 16.7 Å². The molecule has 0 saturated carbocycles. The van der Waals surface area contributed by atoms with E-state index in [0.717, 1.165) is 22.0 Å². The van der Waals surface area contributed by atoms with Crippen molar-refractivity contribution in [3.05, 3.63) is 60.4 Å². The number of phenols is 1. The van der Waals surface area contributed by atoms with Crippen LogP contribution < -0.4 is 4.74 Å². The van der Waals surface area contributed by atoms with Gasteiger partial charge in [0.1, 0.15) is 5.82 Å². The lowest BCUT2D eigenvalue weighted by Gasteiger charge is -2.08. The van der Waals surface area contributed by atoms with Crippen LogP contribution in [0.1, 0.15) is 0 Å². The molecule has 0 bridgehead atoms. The van der Waals surface area contributed by atoms with Gasteiger partial charge in [-0.1, -0.05) is 30.3 Å². The molecule has 23 heavy (non-hydrogen) atoms. The van der Waals surface area contributed by atoms with Crippen LogP contribution in [0.25, 0.3) is 32.9 Å². The minimum Gasteiger partial charge on any atom is -0.504 e. The molecule has 0 amide bonds. The van der Waals surface area contributed by atoms with Gasteiger partial charge in [0, 0.05) is 21.9 Å². The molecule has 0 aliphatic heterocycles. The van der Waals surface area contributed by atoms with Gasteiger partial charge in [-0.2, -0.15) is 0 Å². The Morgan fingerprint density at radius 3 is 2.52 bits per heavy atom. The van der Waals surface area contributed by atoms with E-state index in [-0.39, 0.29) is 11.6 Å². The lowest BCUT2D eigenvalue weighted by Crippen LogP contribution is -1.88. The summed E-state index contributed by atoms with van der Waals surface area (Å²) in [6, 6.07) is 16.0. The highest BCUT2D eigenvalue weighted by Crippen LogP contribution is 2.39. The quantitative estimate of drug-likeness (QED) is 0.556. The lowest BCUT2D eigenvalue weighted by atomic mass is 10.1. The van der Waals surface area contributed by atoms with E-state index in [4.69, 9.17) is 4.74 Å². The van der Waals surface area contributed by atoms with E-state index < -0.39 is 0 Å². The molecule has 3 aromatic carbocycles. The second-order valence-corrected chi connectivity index (χ2v) is 5.41. The Labute approximate surface area is 131 Å². The molecule has 0 aliphatic rings. The smallest absolute Gasteiger partial charge is 0.169 e. The number of aromatic nitrogens is 1. The number of hydrogen-bond donors (Lipinski definition) is 2. The largest absolute Gasteiger partial charge is 0.504 e. The van der Waals surface area contributed by atoms with Gasteiger partial charge in [-0.15, -0.1) is 0 Å². The Hall–Kier alpha value is -3.01. The van der Waals surface area contributed by atoms with Crippen molar-refractivity contribution in [2.45, 2.75) is 0 Å². The molecule has 3 nitrogen and oxygen atoms in total. The summed E-state index contributed by atoms with van der Waals surface area (Å²) < 4.78 is 19.5. The number of aromatic hydroxyl groups is 1. The van der Waals surface area contributed by atoms with E-state index in [2.05, 4.69) is 4.98 Å². The summed E-state index contributed by atoms with van der Waals surface area (Å²) in [5, 5.41) is 12.3. The van der Waals surface area contributed by atoms with Crippen LogP contribution in [0.4, 0.5) is 4.39 Å². The van der Waals surface area contributed by atoms with Crippen LogP contribution in [0.3, 0.4) is 0 Å². The first-order valence-corrected chi connectivity index (χ1v) is 7.25. The summed E-state index contributed by atoms with van der Waals surface area (Å²) in [6.45, 7) is 0. The Balaban J connectivity index is 2.04. The number of methoxy groups -OCH3 is 1. The van der Waals surface area contributed by atoms with E-state index in [9.17, 15) is 9.50 Å². The molecule has 4 aromatic rings.